The number of hydrogen-bond donors (Lipinski definition) is 0. The average Bonchev–Trinajstić information content (AvgIpc) is 3.59. The number of fused-ring (bicyclic) bond motifs is 8. The van der Waals surface area contributed by atoms with Gasteiger partial charge in [-0.3, -0.25) is 0 Å². The Balaban J connectivity index is 1.32. The highest BCUT2D eigenvalue weighted by Crippen LogP contribution is 2.51. The maximum Gasteiger partial charge on any atom is 0.143 e. The van der Waals surface area contributed by atoms with Crippen molar-refractivity contribution in [3.8, 4) is 22.3 Å². The van der Waals surface area contributed by atoms with Crippen LogP contribution < -0.4 is 4.90 Å². The number of furan rings is 1. The Hall–Kier alpha value is -5.60. The molecule has 0 spiro atoms. The fourth-order valence-corrected chi connectivity index (χ4v) is 7.68. The minimum atomic E-state index is -0.103. The van der Waals surface area contributed by atoms with Crippen LogP contribution in [0.4, 0.5) is 17.1 Å². The number of benzene rings is 7. The van der Waals surface area contributed by atoms with E-state index in [9.17, 15) is 0 Å². The van der Waals surface area contributed by atoms with E-state index in [2.05, 4.69) is 171 Å². The summed E-state index contributed by atoms with van der Waals surface area (Å²) in [6, 6.07) is 52.8. The number of nitrogens with zero attached hydrogens (tertiary/aromatic N) is 1. The molecule has 0 aliphatic heterocycles. The van der Waals surface area contributed by atoms with Crippen LogP contribution in [0, 0.1) is 6.92 Å². The predicted molar refractivity (Wildman–Crippen MR) is 194 cm³/mol. The minimum absolute atomic E-state index is 0.103. The molecule has 9 rings (SSSR count). The Bertz CT molecular complexity index is 2450. The molecule has 0 saturated heterocycles. The van der Waals surface area contributed by atoms with Crippen LogP contribution in [-0.4, -0.2) is 0 Å². The van der Waals surface area contributed by atoms with Crippen molar-refractivity contribution in [2.24, 2.45) is 0 Å². The molecule has 220 valence electrons. The third-order valence-corrected chi connectivity index (χ3v) is 9.99. The van der Waals surface area contributed by atoms with Gasteiger partial charge in [-0.25, -0.2) is 0 Å². The van der Waals surface area contributed by atoms with Gasteiger partial charge in [-0.15, -0.1) is 0 Å². The lowest BCUT2D eigenvalue weighted by molar-refractivity contribution is 0.660. The molecule has 0 amide bonds. The van der Waals surface area contributed by atoms with E-state index in [0.29, 0.717) is 0 Å². The van der Waals surface area contributed by atoms with E-state index in [1.165, 1.54) is 44.3 Å². The molecule has 0 bridgehead atoms. The molecular weight excluding hydrogens is 558 g/mol. The molecule has 0 atom stereocenters. The Morgan fingerprint density at radius 3 is 2.02 bits per heavy atom. The van der Waals surface area contributed by atoms with Gasteiger partial charge < -0.3 is 9.32 Å². The van der Waals surface area contributed by atoms with Crippen molar-refractivity contribution in [3.63, 3.8) is 0 Å². The molecule has 0 radical (unpaired) electrons. The molecule has 1 aliphatic rings. The first-order valence-corrected chi connectivity index (χ1v) is 16.0. The Labute approximate surface area is 269 Å². The smallest absolute Gasteiger partial charge is 0.143 e. The normalized spacial score (nSPS) is 13.3. The van der Waals surface area contributed by atoms with Crippen LogP contribution in [0.1, 0.15) is 30.5 Å². The first-order valence-electron chi connectivity index (χ1n) is 16.0. The summed E-state index contributed by atoms with van der Waals surface area (Å²) in [7, 11) is 0. The topological polar surface area (TPSA) is 16.4 Å². The molecule has 0 fully saturated rings. The molecule has 46 heavy (non-hydrogen) atoms. The number of anilines is 3. The summed E-state index contributed by atoms with van der Waals surface area (Å²) >= 11 is 0. The molecular formula is C44H33NO. The molecule has 0 unspecified atom stereocenters. The Kier molecular flexibility index (Phi) is 5.79. The van der Waals surface area contributed by atoms with Crippen LogP contribution in [0.5, 0.6) is 0 Å². The van der Waals surface area contributed by atoms with Gasteiger partial charge in [0.25, 0.3) is 0 Å². The molecule has 1 aliphatic carbocycles. The quantitative estimate of drug-likeness (QED) is 0.202. The van der Waals surface area contributed by atoms with Gasteiger partial charge in [0.15, 0.2) is 0 Å². The molecule has 0 N–H and O–H groups in total. The lowest BCUT2D eigenvalue weighted by Gasteiger charge is -2.29. The summed E-state index contributed by atoms with van der Waals surface area (Å²) < 4.78 is 6.56. The molecule has 8 aromatic rings. The van der Waals surface area contributed by atoms with Gasteiger partial charge in [-0.2, -0.15) is 0 Å². The zero-order valence-electron chi connectivity index (χ0n) is 26.2. The van der Waals surface area contributed by atoms with E-state index >= 15 is 0 Å². The maximum absolute atomic E-state index is 6.56. The van der Waals surface area contributed by atoms with Gasteiger partial charge in [-0.05, 0) is 82.3 Å². The second kappa shape index (κ2) is 9.95. The van der Waals surface area contributed by atoms with E-state index in [-0.39, 0.29) is 5.41 Å². The van der Waals surface area contributed by atoms with E-state index < -0.39 is 0 Å². The number of rotatable bonds is 4. The lowest BCUT2D eigenvalue weighted by atomic mass is 9.82. The largest absolute Gasteiger partial charge is 0.455 e. The molecule has 2 nitrogen and oxygen atoms in total. The van der Waals surface area contributed by atoms with Crippen molar-refractivity contribution in [1.29, 1.82) is 0 Å². The second-order valence-electron chi connectivity index (χ2n) is 13.0. The number of aryl methyl sites for hydroxylation is 1. The monoisotopic (exact) mass is 591 g/mol. The van der Waals surface area contributed by atoms with E-state index in [1.807, 2.05) is 0 Å². The predicted octanol–water partition coefficient (Wildman–Crippen LogP) is 12.5. The summed E-state index contributed by atoms with van der Waals surface area (Å²) in [4.78, 5) is 2.44. The maximum atomic E-state index is 6.56. The van der Waals surface area contributed by atoms with Gasteiger partial charge >= 0.3 is 0 Å². The second-order valence-corrected chi connectivity index (χ2v) is 13.0. The highest BCUT2D eigenvalue weighted by molar-refractivity contribution is 6.20. The molecule has 1 aromatic heterocycles. The van der Waals surface area contributed by atoms with Gasteiger partial charge in [0.2, 0.25) is 0 Å². The summed E-state index contributed by atoms with van der Waals surface area (Å²) in [6.07, 6.45) is 0. The van der Waals surface area contributed by atoms with E-state index in [0.717, 1.165) is 44.4 Å². The lowest BCUT2D eigenvalue weighted by Crippen LogP contribution is -2.16. The van der Waals surface area contributed by atoms with E-state index in [1.54, 1.807) is 0 Å². The standard InChI is InChI=1S/C44H33NO/c1-28-12-11-19-41-42(28)37-27-40(35-16-7-8-17-36(35)43(37)46-41)45(31-22-20-30(21-23-31)29-13-5-4-6-14-29)32-24-25-34-33-15-9-10-18-38(33)44(2,3)39(34)26-32/h4-27H,1-3H3. The zero-order valence-corrected chi connectivity index (χ0v) is 26.2. The first-order chi connectivity index (χ1) is 22.5. The van der Waals surface area contributed by atoms with Crippen molar-refractivity contribution in [3.05, 3.63) is 162 Å². The SMILES string of the molecule is Cc1cccc2oc3c4ccccc4c(N(c4ccc(-c5ccccc5)cc4)c4ccc5c(c4)C(C)(C)c4ccccc4-5)cc3c12. The fourth-order valence-electron chi connectivity index (χ4n) is 7.68. The van der Waals surface area contributed by atoms with Crippen LogP contribution in [0.2, 0.25) is 0 Å². The minimum Gasteiger partial charge on any atom is -0.455 e. The number of hydrogen-bond acceptors (Lipinski definition) is 2. The van der Waals surface area contributed by atoms with Crippen LogP contribution in [0.25, 0.3) is 55.0 Å². The third kappa shape index (κ3) is 3.90. The summed E-state index contributed by atoms with van der Waals surface area (Å²) in [5.41, 5.74) is 14.2. The van der Waals surface area contributed by atoms with Crippen molar-refractivity contribution < 1.29 is 4.42 Å². The Morgan fingerprint density at radius 1 is 0.522 bits per heavy atom. The molecule has 0 saturated carbocycles. The molecule has 1 heterocycles. The van der Waals surface area contributed by atoms with Crippen molar-refractivity contribution in [1.82, 2.24) is 0 Å². The fraction of sp³-hybridized carbons (Fsp3) is 0.0909. The molecule has 7 aromatic carbocycles. The van der Waals surface area contributed by atoms with Crippen molar-refractivity contribution in [2.75, 3.05) is 4.90 Å². The van der Waals surface area contributed by atoms with Gasteiger partial charge in [0.05, 0.1) is 5.69 Å². The highest BCUT2D eigenvalue weighted by Gasteiger charge is 2.36. The van der Waals surface area contributed by atoms with Crippen molar-refractivity contribution >= 4 is 49.8 Å². The van der Waals surface area contributed by atoms with Gasteiger partial charge in [0.1, 0.15) is 11.2 Å². The third-order valence-electron chi connectivity index (χ3n) is 9.99. The summed E-state index contributed by atoms with van der Waals surface area (Å²) in [6.45, 7) is 6.87. The summed E-state index contributed by atoms with van der Waals surface area (Å²) in [5.74, 6) is 0. The zero-order chi connectivity index (χ0) is 31.0. The van der Waals surface area contributed by atoms with Gasteiger partial charge in [-0.1, -0.05) is 123 Å². The van der Waals surface area contributed by atoms with Crippen molar-refractivity contribution in [2.45, 2.75) is 26.2 Å². The van der Waals surface area contributed by atoms with Gasteiger partial charge in [0, 0.05) is 38.3 Å². The van der Waals surface area contributed by atoms with Crippen LogP contribution in [0.3, 0.4) is 0 Å². The molecule has 2 heteroatoms. The highest BCUT2D eigenvalue weighted by atomic mass is 16.3. The first kappa shape index (κ1) is 26.8. The summed E-state index contributed by atoms with van der Waals surface area (Å²) in [5, 5.41) is 4.59. The van der Waals surface area contributed by atoms with Crippen LogP contribution in [-0.2, 0) is 5.41 Å². The average molecular weight is 592 g/mol. The van der Waals surface area contributed by atoms with E-state index in [4.69, 9.17) is 4.42 Å². The van der Waals surface area contributed by atoms with Crippen LogP contribution >= 0.6 is 0 Å². The Morgan fingerprint density at radius 2 is 1.20 bits per heavy atom. The van der Waals surface area contributed by atoms with Crippen LogP contribution in [0.15, 0.2) is 150 Å².